The minimum atomic E-state index is -3.60. The largest absolute Gasteiger partial charge is 0.295 e. The predicted molar refractivity (Wildman–Crippen MR) is 97.6 cm³/mol. The fourth-order valence-corrected chi connectivity index (χ4v) is 8.09. The Kier molecular flexibility index (Phi) is 3.96. The maximum absolute atomic E-state index is 13.5. The molecule has 0 radical (unpaired) electrons. The monoisotopic (exact) mass is 378 g/mol. The Labute approximate surface area is 155 Å². The standard InChI is InChI=1S/C20H27FN2O2S/c21-18-2-1-3-19(11-18)26(24,25)23-6-4-22(5-7-23)20-12-15-8-16(13-20)10-17(9-15)14-20/h1-3,11,15-17H,4-10,12-14H2. The second kappa shape index (κ2) is 6.01. The molecule has 1 heterocycles. The molecule has 1 aromatic rings. The molecule has 0 unspecified atom stereocenters. The van der Waals surface area contributed by atoms with Crippen LogP contribution in [0.3, 0.4) is 0 Å². The number of halogens is 1. The molecule has 4 nitrogen and oxygen atoms in total. The Morgan fingerprint density at radius 2 is 1.50 bits per heavy atom. The van der Waals surface area contributed by atoms with Crippen molar-refractivity contribution in [3.8, 4) is 0 Å². The van der Waals surface area contributed by atoms with Crippen molar-refractivity contribution in [2.24, 2.45) is 17.8 Å². The van der Waals surface area contributed by atoms with Crippen LogP contribution in [-0.2, 0) is 10.0 Å². The van der Waals surface area contributed by atoms with Crippen LogP contribution >= 0.6 is 0 Å². The molecule has 0 N–H and O–H groups in total. The normalized spacial score (nSPS) is 38.0. The Morgan fingerprint density at radius 3 is 2.04 bits per heavy atom. The summed E-state index contributed by atoms with van der Waals surface area (Å²) in [5.74, 6) is 2.19. The third-order valence-corrected chi connectivity index (χ3v) is 9.24. The van der Waals surface area contributed by atoms with Gasteiger partial charge < -0.3 is 0 Å². The minimum Gasteiger partial charge on any atom is -0.295 e. The van der Waals surface area contributed by atoms with Crippen LogP contribution in [0.1, 0.15) is 38.5 Å². The SMILES string of the molecule is O=S(=O)(c1cccc(F)c1)N1CCN(C23CC4CC(CC(C4)C2)C3)CC1. The molecule has 1 aliphatic heterocycles. The maximum Gasteiger partial charge on any atom is 0.243 e. The third kappa shape index (κ3) is 2.72. The van der Waals surface area contributed by atoms with Crippen molar-refractivity contribution in [2.45, 2.75) is 49.0 Å². The molecule has 5 fully saturated rings. The van der Waals surface area contributed by atoms with E-state index in [4.69, 9.17) is 0 Å². The van der Waals surface area contributed by atoms with E-state index in [-0.39, 0.29) is 4.90 Å². The highest BCUT2D eigenvalue weighted by molar-refractivity contribution is 7.89. The van der Waals surface area contributed by atoms with Crippen molar-refractivity contribution in [1.29, 1.82) is 0 Å². The molecule has 4 saturated carbocycles. The van der Waals surface area contributed by atoms with E-state index in [1.165, 1.54) is 56.7 Å². The maximum atomic E-state index is 13.5. The lowest BCUT2D eigenvalue weighted by molar-refractivity contribution is -0.0964. The lowest BCUT2D eigenvalue weighted by atomic mass is 9.52. The molecular weight excluding hydrogens is 351 g/mol. The summed E-state index contributed by atoms with van der Waals surface area (Å²) >= 11 is 0. The van der Waals surface area contributed by atoms with E-state index >= 15 is 0 Å². The topological polar surface area (TPSA) is 40.6 Å². The smallest absolute Gasteiger partial charge is 0.243 e. The number of hydrogen-bond acceptors (Lipinski definition) is 3. The summed E-state index contributed by atoms with van der Waals surface area (Å²) in [6.07, 6.45) is 8.22. The van der Waals surface area contributed by atoms with Gasteiger partial charge in [0.15, 0.2) is 0 Å². The van der Waals surface area contributed by atoms with Crippen molar-refractivity contribution in [1.82, 2.24) is 9.21 Å². The van der Waals surface area contributed by atoms with Crippen LogP contribution in [0.25, 0.3) is 0 Å². The average Bonchev–Trinajstić information content (AvgIpc) is 2.61. The van der Waals surface area contributed by atoms with Gasteiger partial charge in [0, 0.05) is 31.7 Å². The fourth-order valence-electron chi connectivity index (χ4n) is 6.63. The van der Waals surface area contributed by atoms with Crippen molar-refractivity contribution >= 4 is 10.0 Å². The Hall–Kier alpha value is -0.980. The molecule has 1 saturated heterocycles. The molecule has 4 bridgehead atoms. The second-order valence-electron chi connectivity index (χ2n) is 8.99. The highest BCUT2D eigenvalue weighted by atomic mass is 32.2. The zero-order valence-corrected chi connectivity index (χ0v) is 15.9. The van der Waals surface area contributed by atoms with Crippen LogP contribution in [0.15, 0.2) is 29.2 Å². The van der Waals surface area contributed by atoms with Gasteiger partial charge in [-0.25, -0.2) is 12.8 Å². The van der Waals surface area contributed by atoms with Crippen molar-refractivity contribution < 1.29 is 12.8 Å². The van der Waals surface area contributed by atoms with Crippen LogP contribution in [0.4, 0.5) is 4.39 Å². The van der Waals surface area contributed by atoms with Crippen LogP contribution in [-0.4, -0.2) is 49.3 Å². The first-order valence-electron chi connectivity index (χ1n) is 9.95. The average molecular weight is 379 g/mol. The highest BCUT2D eigenvalue weighted by Crippen LogP contribution is 2.57. The first-order valence-corrected chi connectivity index (χ1v) is 11.4. The molecule has 5 aliphatic rings. The lowest BCUT2D eigenvalue weighted by Gasteiger charge is -2.61. The molecule has 0 atom stereocenters. The summed E-state index contributed by atoms with van der Waals surface area (Å²) in [5.41, 5.74) is 0.337. The van der Waals surface area contributed by atoms with Gasteiger partial charge in [-0.15, -0.1) is 0 Å². The van der Waals surface area contributed by atoms with E-state index in [2.05, 4.69) is 4.90 Å². The number of piperazine rings is 1. The first-order chi connectivity index (χ1) is 12.4. The number of benzene rings is 1. The zero-order chi connectivity index (χ0) is 17.9. The summed E-state index contributed by atoms with van der Waals surface area (Å²) in [5, 5.41) is 0. The van der Waals surface area contributed by atoms with Gasteiger partial charge in [0.2, 0.25) is 10.0 Å². The van der Waals surface area contributed by atoms with E-state index in [0.29, 0.717) is 18.6 Å². The Bertz CT molecular complexity index is 766. The zero-order valence-electron chi connectivity index (χ0n) is 15.1. The number of rotatable bonds is 3. The summed E-state index contributed by atoms with van der Waals surface area (Å²) < 4.78 is 40.7. The van der Waals surface area contributed by atoms with Gasteiger partial charge in [0.25, 0.3) is 0 Å². The predicted octanol–water partition coefficient (Wildman–Crippen LogP) is 3.10. The second-order valence-corrected chi connectivity index (χ2v) is 10.9. The van der Waals surface area contributed by atoms with Gasteiger partial charge >= 0.3 is 0 Å². The van der Waals surface area contributed by atoms with Gasteiger partial charge in [-0.3, -0.25) is 4.90 Å². The molecule has 4 aliphatic carbocycles. The number of nitrogens with zero attached hydrogens (tertiary/aromatic N) is 2. The molecule has 0 spiro atoms. The minimum absolute atomic E-state index is 0.0701. The fraction of sp³-hybridized carbons (Fsp3) is 0.700. The van der Waals surface area contributed by atoms with Gasteiger partial charge in [-0.2, -0.15) is 4.31 Å². The summed E-state index contributed by atoms with van der Waals surface area (Å²) in [7, 11) is -3.60. The lowest BCUT2D eigenvalue weighted by Crippen LogP contribution is -2.64. The van der Waals surface area contributed by atoms with Crippen LogP contribution in [0.5, 0.6) is 0 Å². The van der Waals surface area contributed by atoms with E-state index in [9.17, 15) is 12.8 Å². The third-order valence-electron chi connectivity index (χ3n) is 7.35. The van der Waals surface area contributed by atoms with Gasteiger partial charge in [-0.1, -0.05) is 6.07 Å². The molecule has 0 aromatic heterocycles. The molecule has 1 aromatic carbocycles. The Morgan fingerprint density at radius 1 is 0.923 bits per heavy atom. The molecular formula is C20H27FN2O2S. The van der Waals surface area contributed by atoms with Gasteiger partial charge in [0.1, 0.15) is 5.82 Å². The van der Waals surface area contributed by atoms with E-state index in [1.807, 2.05) is 0 Å². The molecule has 6 heteroatoms. The van der Waals surface area contributed by atoms with Gasteiger partial charge in [0.05, 0.1) is 4.90 Å². The van der Waals surface area contributed by atoms with Gasteiger partial charge in [-0.05, 0) is 74.5 Å². The number of hydrogen-bond donors (Lipinski definition) is 0. The van der Waals surface area contributed by atoms with E-state index in [1.54, 1.807) is 4.31 Å². The van der Waals surface area contributed by atoms with Crippen LogP contribution < -0.4 is 0 Å². The summed E-state index contributed by atoms with van der Waals surface area (Å²) in [6.45, 7) is 2.64. The number of sulfonamides is 1. The van der Waals surface area contributed by atoms with Crippen molar-refractivity contribution in [3.05, 3.63) is 30.1 Å². The highest BCUT2D eigenvalue weighted by Gasteiger charge is 2.53. The molecule has 26 heavy (non-hydrogen) atoms. The van der Waals surface area contributed by atoms with Crippen molar-refractivity contribution in [3.63, 3.8) is 0 Å². The summed E-state index contributed by atoms with van der Waals surface area (Å²) in [6, 6.07) is 5.36. The van der Waals surface area contributed by atoms with Crippen LogP contribution in [0, 0.1) is 23.6 Å². The molecule has 0 amide bonds. The van der Waals surface area contributed by atoms with E-state index in [0.717, 1.165) is 36.9 Å². The summed E-state index contributed by atoms with van der Waals surface area (Å²) in [4.78, 5) is 2.68. The molecule has 142 valence electrons. The first kappa shape index (κ1) is 17.1. The Balaban J connectivity index is 1.31. The van der Waals surface area contributed by atoms with Crippen LogP contribution in [0.2, 0.25) is 0 Å². The van der Waals surface area contributed by atoms with E-state index < -0.39 is 15.8 Å². The molecule has 6 rings (SSSR count). The quantitative estimate of drug-likeness (QED) is 0.812. The van der Waals surface area contributed by atoms with Crippen molar-refractivity contribution in [2.75, 3.05) is 26.2 Å².